The SMILES string of the molecule is CCCCc1ccc(C#CCO)[te]1. The van der Waals surface area contributed by atoms with Crippen molar-refractivity contribution in [2.75, 3.05) is 6.61 Å². The van der Waals surface area contributed by atoms with E-state index in [1.807, 2.05) is 0 Å². The molecule has 13 heavy (non-hydrogen) atoms. The molecule has 0 spiro atoms. The molecule has 0 fully saturated rings. The Morgan fingerprint density at radius 3 is 3.00 bits per heavy atom. The molecule has 0 aliphatic rings. The first-order chi connectivity index (χ1) is 6.36. The van der Waals surface area contributed by atoms with E-state index in [0.29, 0.717) is 0 Å². The van der Waals surface area contributed by atoms with Crippen LogP contribution in [0.4, 0.5) is 0 Å². The summed E-state index contributed by atoms with van der Waals surface area (Å²) >= 11 is -0.154. The molecule has 0 unspecified atom stereocenters. The Kier molecular flexibility index (Phi) is 5.25. The van der Waals surface area contributed by atoms with E-state index < -0.39 is 0 Å². The summed E-state index contributed by atoms with van der Waals surface area (Å²) in [6.07, 6.45) is 3.81. The van der Waals surface area contributed by atoms with E-state index in [1.54, 1.807) is 3.58 Å². The van der Waals surface area contributed by atoms with Crippen LogP contribution in [0.5, 0.6) is 0 Å². The summed E-state index contributed by atoms with van der Waals surface area (Å²) in [6, 6.07) is 4.34. The molecule has 0 aliphatic heterocycles. The van der Waals surface area contributed by atoms with Crippen LogP contribution >= 0.6 is 0 Å². The third-order valence-electron chi connectivity index (χ3n) is 1.73. The van der Waals surface area contributed by atoms with Gasteiger partial charge >= 0.3 is 89.5 Å². The van der Waals surface area contributed by atoms with Crippen LogP contribution < -0.4 is 0 Å². The topological polar surface area (TPSA) is 20.2 Å². The van der Waals surface area contributed by atoms with Crippen LogP contribution in [-0.4, -0.2) is 32.1 Å². The van der Waals surface area contributed by atoms with Gasteiger partial charge in [-0.05, 0) is 0 Å². The number of aliphatic hydroxyl groups excluding tert-OH is 1. The van der Waals surface area contributed by atoms with Crippen LogP contribution in [0.15, 0.2) is 12.1 Å². The molecule has 70 valence electrons. The monoisotopic (exact) mass is 292 g/mol. The van der Waals surface area contributed by atoms with E-state index in [-0.39, 0.29) is 27.0 Å². The summed E-state index contributed by atoms with van der Waals surface area (Å²) in [5.41, 5.74) is 0. The summed E-state index contributed by atoms with van der Waals surface area (Å²) in [7, 11) is 0. The van der Waals surface area contributed by atoms with Gasteiger partial charge in [0.25, 0.3) is 0 Å². The summed E-state index contributed by atoms with van der Waals surface area (Å²) in [5, 5.41) is 8.53. The molecular weight excluding hydrogens is 276 g/mol. The van der Waals surface area contributed by atoms with Gasteiger partial charge in [0, 0.05) is 0 Å². The molecular formula is C11H14OTe. The van der Waals surface area contributed by atoms with Gasteiger partial charge in [0.05, 0.1) is 0 Å². The maximum absolute atomic E-state index is 8.53. The van der Waals surface area contributed by atoms with Crippen LogP contribution in [0.2, 0.25) is 0 Å². The van der Waals surface area contributed by atoms with Crippen LogP contribution in [0.3, 0.4) is 0 Å². The molecule has 0 aliphatic carbocycles. The van der Waals surface area contributed by atoms with Gasteiger partial charge in [-0.15, -0.1) is 0 Å². The van der Waals surface area contributed by atoms with E-state index >= 15 is 0 Å². The number of hydrogen-bond donors (Lipinski definition) is 1. The van der Waals surface area contributed by atoms with Crippen molar-refractivity contribution in [1.29, 1.82) is 0 Å². The first-order valence-corrected chi connectivity index (χ1v) is 6.88. The van der Waals surface area contributed by atoms with Crippen LogP contribution in [-0.2, 0) is 6.42 Å². The second-order valence-corrected chi connectivity index (χ2v) is 6.16. The zero-order valence-corrected chi connectivity index (χ0v) is 10.2. The fourth-order valence-corrected chi connectivity index (χ4v) is 3.69. The van der Waals surface area contributed by atoms with Crippen molar-refractivity contribution < 1.29 is 5.11 Å². The zero-order chi connectivity index (χ0) is 9.52. The van der Waals surface area contributed by atoms with Crippen molar-refractivity contribution in [2.24, 2.45) is 0 Å². The second-order valence-electron chi connectivity index (χ2n) is 2.83. The fraction of sp³-hybridized carbons (Fsp3) is 0.455. The van der Waals surface area contributed by atoms with Crippen molar-refractivity contribution in [3.8, 4) is 11.8 Å². The predicted octanol–water partition coefficient (Wildman–Crippen LogP) is 1.43. The van der Waals surface area contributed by atoms with Crippen molar-refractivity contribution in [3.05, 3.63) is 19.3 Å². The third kappa shape index (κ3) is 4.01. The van der Waals surface area contributed by atoms with E-state index in [1.165, 1.54) is 22.8 Å². The molecule has 1 aromatic heterocycles. The van der Waals surface area contributed by atoms with Crippen molar-refractivity contribution in [3.63, 3.8) is 0 Å². The molecule has 1 nitrogen and oxygen atoms in total. The fourth-order valence-electron chi connectivity index (χ4n) is 1.06. The number of hydrogen-bond acceptors (Lipinski definition) is 1. The predicted molar refractivity (Wildman–Crippen MR) is 56.0 cm³/mol. The van der Waals surface area contributed by atoms with Crippen LogP contribution in [0.25, 0.3) is 0 Å². The molecule has 0 atom stereocenters. The summed E-state index contributed by atoms with van der Waals surface area (Å²) in [6.45, 7) is 2.20. The Morgan fingerprint density at radius 1 is 1.46 bits per heavy atom. The Labute approximate surface area is 89.4 Å². The Balaban J connectivity index is 2.53. The van der Waals surface area contributed by atoms with Crippen molar-refractivity contribution >= 4 is 20.4 Å². The van der Waals surface area contributed by atoms with Gasteiger partial charge in [-0.1, -0.05) is 0 Å². The van der Waals surface area contributed by atoms with Gasteiger partial charge in [0.1, 0.15) is 0 Å². The third-order valence-corrected chi connectivity index (χ3v) is 4.76. The normalized spacial score (nSPS) is 9.38. The molecule has 1 N–H and O–H groups in total. The van der Waals surface area contributed by atoms with Gasteiger partial charge in [-0.2, -0.15) is 0 Å². The molecule has 0 aromatic carbocycles. The molecule has 1 aromatic rings. The standard InChI is InChI=1S/C11H14OTe/c1-2-3-5-10-7-8-11(13-10)6-4-9-12/h7-8,12H,2-3,5,9H2,1H3. The Hall–Kier alpha value is -0.210. The molecule has 0 amide bonds. The molecule has 0 bridgehead atoms. The number of aliphatic hydroxyl groups is 1. The minimum atomic E-state index is -0.154. The quantitative estimate of drug-likeness (QED) is 0.659. The van der Waals surface area contributed by atoms with E-state index in [0.717, 1.165) is 0 Å². The van der Waals surface area contributed by atoms with Gasteiger partial charge in [-0.25, -0.2) is 0 Å². The summed E-state index contributed by atoms with van der Waals surface area (Å²) in [4.78, 5) is 0. The Morgan fingerprint density at radius 2 is 2.31 bits per heavy atom. The molecule has 1 heterocycles. The first kappa shape index (κ1) is 10.9. The molecule has 0 saturated carbocycles. The van der Waals surface area contributed by atoms with E-state index in [9.17, 15) is 0 Å². The van der Waals surface area contributed by atoms with Crippen LogP contribution in [0.1, 0.15) is 26.9 Å². The average Bonchev–Trinajstić information content (AvgIpc) is 2.59. The Bertz CT molecular complexity index is 303. The number of unbranched alkanes of at least 4 members (excludes halogenated alkanes) is 1. The van der Waals surface area contributed by atoms with Crippen molar-refractivity contribution in [2.45, 2.75) is 26.2 Å². The minimum absolute atomic E-state index is 0.0192. The average molecular weight is 290 g/mol. The van der Waals surface area contributed by atoms with Gasteiger partial charge < -0.3 is 0 Å². The van der Waals surface area contributed by atoms with E-state index in [2.05, 4.69) is 30.9 Å². The number of rotatable bonds is 3. The summed E-state index contributed by atoms with van der Waals surface area (Å²) < 4.78 is 2.88. The zero-order valence-electron chi connectivity index (χ0n) is 7.84. The van der Waals surface area contributed by atoms with Crippen LogP contribution in [0, 0.1) is 11.8 Å². The number of aryl methyl sites for hydroxylation is 1. The molecule has 0 radical (unpaired) electrons. The van der Waals surface area contributed by atoms with Gasteiger partial charge in [0.2, 0.25) is 0 Å². The molecule has 0 saturated heterocycles. The van der Waals surface area contributed by atoms with E-state index in [4.69, 9.17) is 5.11 Å². The first-order valence-electron chi connectivity index (χ1n) is 4.55. The summed E-state index contributed by atoms with van der Waals surface area (Å²) in [5.74, 6) is 5.71. The maximum atomic E-state index is 8.53. The molecule has 2 heteroatoms. The molecule has 1 rings (SSSR count). The van der Waals surface area contributed by atoms with Gasteiger partial charge in [0.15, 0.2) is 0 Å². The van der Waals surface area contributed by atoms with Crippen molar-refractivity contribution in [1.82, 2.24) is 0 Å². The second kappa shape index (κ2) is 6.27. The van der Waals surface area contributed by atoms with Gasteiger partial charge in [-0.3, -0.25) is 0 Å².